The van der Waals surface area contributed by atoms with Crippen molar-refractivity contribution in [3.8, 4) is 0 Å². The topological polar surface area (TPSA) is 86.5 Å². The second-order valence-corrected chi connectivity index (χ2v) is 5.68. The molecule has 0 aliphatic carbocycles. The Labute approximate surface area is 124 Å². The molecule has 1 N–H and O–H groups in total. The molecule has 0 aromatic carbocycles. The van der Waals surface area contributed by atoms with Crippen LogP contribution in [0.1, 0.15) is 49.3 Å². The molecule has 2 heterocycles. The van der Waals surface area contributed by atoms with Crippen molar-refractivity contribution in [2.45, 2.75) is 52.4 Å². The molecule has 1 atom stereocenters. The summed E-state index contributed by atoms with van der Waals surface area (Å²) in [5, 5.41) is 16.9. The lowest BCUT2D eigenvalue weighted by Gasteiger charge is -2.22. The van der Waals surface area contributed by atoms with Crippen LogP contribution in [0.3, 0.4) is 0 Å². The summed E-state index contributed by atoms with van der Waals surface area (Å²) in [6.07, 6.45) is 3.61. The number of carboxylic acid groups (broad SMARTS) is 1. The molecule has 7 nitrogen and oxygen atoms in total. The van der Waals surface area contributed by atoms with Crippen LogP contribution in [0, 0.1) is 5.92 Å². The molecular weight excluding hydrogens is 274 g/mol. The van der Waals surface area contributed by atoms with Crippen LogP contribution >= 0.6 is 0 Å². The van der Waals surface area contributed by atoms with Crippen molar-refractivity contribution in [1.82, 2.24) is 15.0 Å². The number of rotatable bonds is 7. The predicted molar refractivity (Wildman–Crippen MR) is 75.1 cm³/mol. The Hall–Kier alpha value is -1.47. The molecule has 1 unspecified atom stereocenters. The number of carboxylic acids is 1. The monoisotopic (exact) mass is 297 g/mol. The van der Waals surface area contributed by atoms with Crippen molar-refractivity contribution in [2.75, 3.05) is 13.2 Å². The van der Waals surface area contributed by atoms with Crippen molar-refractivity contribution in [3.05, 3.63) is 11.4 Å². The fraction of sp³-hybridized carbons (Fsp3) is 0.786. The standard InChI is InChI=1S/C14H23N3O4/c1-10(2)9-11-13(14(18)19)15-16-17(11)6-8-21-12-5-3-4-7-20-12/h10,12H,3-9H2,1-2H3,(H,18,19). The average molecular weight is 297 g/mol. The molecule has 0 radical (unpaired) electrons. The molecule has 118 valence electrons. The van der Waals surface area contributed by atoms with Gasteiger partial charge in [-0.05, 0) is 31.6 Å². The highest BCUT2D eigenvalue weighted by molar-refractivity contribution is 5.86. The number of aromatic nitrogens is 3. The number of hydrogen-bond donors (Lipinski definition) is 1. The predicted octanol–water partition coefficient (Wildman–Crippen LogP) is 1.72. The van der Waals surface area contributed by atoms with Gasteiger partial charge in [-0.15, -0.1) is 5.10 Å². The van der Waals surface area contributed by atoms with Crippen molar-refractivity contribution >= 4 is 5.97 Å². The maximum Gasteiger partial charge on any atom is 0.358 e. The van der Waals surface area contributed by atoms with E-state index in [9.17, 15) is 4.79 Å². The van der Waals surface area contributed by atoms with Crippen LogP contribution in [-0.4, -0.2) is 45.6 Å². The molecule has 0 bridgehead atoms. The van der Waals surface area contributed by atoms with Gasteiger partial charge < -0.3 is 14.6 Å². The fourth-order valence-electron chi connectivity index (χ4n) is 2.38. The van der Waals surface area contributed by atoms with E-state index in [1.807, 2.05) is 13.8 Å². The third kappa shape index (κ3) is 4.50. The van der Waals surface area contributed by atoms with Gasteiger partial charge in [0.2, 0.25) is 0 Å². The van der Waals surface area contributed by atoms with Crippen LogP contribution in [0.25, 0.3) is 0 Å². The Bertz CT molecular complexity index is 467. The summed E-state index contributed by atoms with van der Waals surface area (Å²) in [4.78, 5) is 11.2. The Balaban J connectivity index is 1.93. The van der Waals surface area contributed by atoms with Gasteiger partial charge in [0.05, 0.1) is 18.8 Å². The van der Waals surface area contributed by atoms with Gasteiger partial charge in [-0.2, -0.15) is 0 Å². The molecule has 0 spiro atoms. The first-order valence-electron chi connectivity index (χ1n) is 7.46. The minimum Gasteiger partial charge on any atom is -0.476 e. The van der Waals surface area contributed by atoms with E-state index in [1.165, 1.54) is 0 Å². The lowest BCUT2D eigenvalue weighted by atomic mass is 10.1. The van der Waals surface area contributed by atoms with Crippen LogP contribution in [0.5, 0.6) is 0 Å². The summed E-state index contributed by atoms with van der Waals surface area (Å²) in [5.74, 6) is -0.698. The van der Waals surface area contributed by atoms with Gasteiger partial charge in [0.15, 0.2) is 12.0 Å². The third-order valence-electron chi connectivity index (χ3n) is 3.39. The molecule has 1 aliphatic heterocycles. The zero-order valence-electron chi connectivity index (χ0n) is 12.6. The van der Waals surface area contributed by atoms with E-state index in [4.69, 9.17) is 14.6 Å². The van der Waals surface area contributed by atoms with E-state index in [0.717, 1.165) is 25.9 Å². The van der Waals surface area contributed by atoms with Gasteiger partial charge in [-0.25, -0.2) is 9.48 Å². The summed E-state index contributed by atoms with van der Waals surface area (Å²) < 4.78 is 12.8. The smallest absolute Gasteiger partial charge is 0.358 e. The lowest BCUT2D eigenvalue weighted by molar-refractivity contribution is -0.163. The average Bonchev–Trinajstić information content (AvgIpc) is 2.82. The molecule has 1 aromatic rings. The van der Waals surface area contributed by atoms with Crippen molar-refractivity contribution in [3.63, 3.8) is 0 Å². The van der Waals surface area contributed by atoms with Crippen molar-refractivity contribution < 1.29 is 19.4 Å². The Morgan fingerprint density at radius 2 is 2.33 bits per heavy atom. The maximum absolute atomic E-state index is 11.2. The molecule has 1 saturated heterocycles. The summed E-state index contributed by atoms with van der Waals surface area (Å²) in [5.41, 5.74) is 0.697. The highest BCUT2D eigenvalue weighted by Gasteiger charge is 2.20. The van der Waals surface area contributed by atoms with Crippen molar-refractivity contribution in [1.29, 1.82) is 0 Å². The largest absolute Gasteiger partial charge is 0.476 e. The van der Waals surface area contributed by atoms with Gasteiger partial charge in [0.25, 0.3) is 0 Å². The van der Waals surface area contributed by atoms with E-state index < -0.39 is 5.97 Å². The molecule has 0 saturated carbocycles. The number of carbonyl (C=O) groups is 1. The number of hydrogen-bond acceptors (Lipinski definition) is 5. The highest BCUT2D eigenvalue weighted by Crippen LogP contribution is 2.15. The van der Waals surface area contributed by atoms with Gasteiger partial charge in [-0.3, -0.25) is 0 Å². The van der Waals surface area contributed by atoms with Crippen LogP contribution in [0.15, 0.2) is 0 Å². The quantitative estimate of drug-likeness (QED) is 0.824. The van der Waals surface area contributed by atoms with E-state index in [2.05, 4.69) is 10.3 Å². The van der Waals surface area contributed by atoms with Gasteiger partial charge in [0, 0.05) is 6.61 Å². The van der Waals surface area contributed by atoms with E-state index in [1.54, 1.807) is 4.68 Å². The minimum absolute atomic E-state index is 0.0395. The SMILES string of the molecule is CC(C)Cc1c(C(=O)O)nnn1CCOC1CCCCO1. The first-order valence-corrected chi connectivity index (χ1v) is 7.46. The van der Waals surface area contributed by atoms with Crippen LogP contribution < -0.4 is 0 Å². The van der Waals surface area contributed by atoms with E-state index in [0.29, 0.717) is 31.2 Å². The molecule has 0 amide bonds. The van der Waals surface area contributed by atoms with E-state index in [-0.39, 0.29) is 12.0 Å². The maximum atomic E-state index is 11.2. The second kappa shape index (κ2) is 7.51. The van der Waals surface area contributed by atoms with Gasteiger partial charge in [0.1, 0.15) is 0 Å². The molecule has 1 aromatic heterocycles. The number of nitrogens with zero attached hydrogens (tertiary/aromatic N) is 3. The molecule has 1 fully saturated rings. The lowest BCUT2D eigenvalue weighted by Crippen LogP contribution is -2.24. The summed E-state index contributed by atoms with van der Waals surface area (Å²) in [6.45, 7) is 5.75. The molecule has 7 heteroatoms. The normalized spacial score (nSPS) is 19.1. The molecule has 21 heavy (non-hydrogen) atoms. The molecule has 1 aliphatic rings. The minimum atomic E-state index is -1.03. The Morgan fingerprint density at radius 1 is 1.52 bits per heavy atom. The first kappa shape index (κ1) is 15.9. The number of ether oxygens (including phenoxy) is 2. The van der Waals surface area contributed by atoms with Crippen LogP contribution in [-0.2, 0) is 22.4 Å². The molecular formula is C14H23N3O4. The zero-order chi connectivity index (χ0) is 15.2. The second-order valence-electron chi connectivity index (χ2n) is 5.68. The van der Waals surface area contributed by atoms with Gasteiger partial charge >= 0.3 is 5.97 Å². The molecule has 2 rings (SSSR count). The third-order valence-corrected chi connectivity index (χ3v) is 3.39. The Kier molecular flexibility index (Phi) is 5.69. The number of aromatic carboxylic acids is 1. The van der Waals surface area contributed by atoms with Crippen molar-refractivity contribution in [2.24, 2.45) is 5.92 Å². The zero-order valence-corrected chi connectivity index (χ0v) is 12.6. The fourth-order valence-corrected chi connectivity index (χ4v) is 2.38. The Morgan fingerprint density at radius 3 is 2.95 bits per heavy atom. The van der Waals surface area contributed by atoms with Crippen LogP contribution in [0.2, 0.25) is 0 Å². The van der Waals surface area contributed by atoms with E-state index >= 15 is 0 Å². The van der Waals surface area contributed by atoms with Crippen LogP contribution in [0.4, 0.5) is 0 Å². The van der Waals surface area contributed by atoms with Gasteiger partial charge in [-0.1, -0.05) is 19.1 Å². The highest BCUT2D eigenvalue weighted by atomic mass is 16.7. The summed E-state index contributed by atoms with van der Waals surface area (Å²) in [6, 6.07) is 0. The summed E-state index contributed by atoms with van der Waals surface area (Å²) >= 11 is 0. The summed E-state index contributed by atoms with van der Waals surface area (Å²) in [7, 11) is 0. The first-order chi connectivity index (χ1) is 10.1.